The van der Waals surface area contributed by atoms with Crippen LogP contribution in [0.1, 0.15) is 23.7 Å². The van der Waals surface area contributed by atoms with Crippen LogP contribution in [0, 0.1) is 0 Å². The smallest absolute Gasteiger partial charge is 0.0666 e. The highest BCUT2D eigenvalue weighted by Crippen LogP contribution is 2.17. The van der Waals surface area contributed by atoms with Gasteiger partial charge in [-0.15, -0.1) is 0 Å². The molecule has 0 aliphatic rings. The zero-order valence-electron chi connectivity index (χ0n) is 12.0. The van der Waals surface area contributed by atoms with Crippen LogP contribution in [0.5, 0.6) is 0 Å². The highest BCUT2D eigenvalue weighted by molar-refractivity contribution is 5.82. The molecule has 0 atom stereocenters. The highest BCUT2D eigenvalue weighted by Gasteiger charge is 2.06. The summed E-state index contributed by atoms with van der Waals surface area (Å²) in [5.74, 6) is 0. The Morgan fingerprint density at radius 1 is 1.20 bits per heavy atom. The molecule has 0 saturated carbocycles. The third-order valence-corrected chi connectivity index (χ3v) is 3.64. The minimum Gasteiger partial charge on any atom is -0.361 e. The molecule has 0 unspecified atom stereocenters. The molecule has 3 aromatic rings. The van der Waals surface area contributed by atoms with Crippen LogP contribution < -0.4 is 5.32 Å². The van der Waals surface area contributed by atoms with Crippen molar-refractivity contribution >= 4 is 10.9 Å². The normalized spacial score (nSPS) is 11.3. The van der Waals surface area contributed by atoms with Crippen molar-refractivity contribution in [2.75, 3.05) is 0 Å². The lowest BCUT2D eigenvalue weighted by molar-refractivity contribution is 0.691. The number of aryl methyl sites for hydroxylation is 2. The molecule has 0 aliphatic carbocycles. The average Bonchev–Trinajstić information content (AvgIpc) is 3.05. The fraction of sp³-hybridized carbons (Fsp3) is 0.312. The van der Waals surface area contributed by atoms with E-state index < -0.39 is 0 Å². The molecule has 0 spiro atoms. The topological polar surface area (TPSA) is 45.6 Å². The lowest BCUT2D eigenvalue weighted by atomic mass is 10.1. The Bertz CT molecular complexity index is 708. The van der Waals surface area contributed by atoms with Gasteiger partial charge in [0.2, 0.25) is 0 Å². The van der Waals surface area contributed by atoms with Crippen molar-refractivity contribution in [2.24, 2.45) is 7.05 Å². The van der Waals surface area contributed by atoms with E-state index in [1.54, 1.807) is 0 Å². The molecule has 20 heavy (non-hydrogen) atoms. The van der Waals surface area contributed by atoms with Crippen LogP contribution in [-0.4, -0.2) is 14.8 Å². The van der Waals surface area contributed by atoms with Crippen molar-refractivity contribution < 1.29 is 0 Å². The van der Waals surface area contributed by atoms with Crippen LogP contribution in [0.15, 0.2) is 36.7 Å². The molecular formula is C16H20N4. The molecule has 4 heteroatoms. The molecule has 0 amide bonds. The van der Waals surface area contributed by atoms with E-state index in [0.717, 1.165) is 19.5 Å². The minimum atomic E-state index is 0.859. The summed E-state index contributed by atoms with van der Waals surface area (Å²) in [5.41, 5.74) is 4.99. The summed E-state index contributed by atoms with van der Waals surface area (Å²) >= 11 is 0. The molecule has 2 heterocycles. The van der Waals surface area contributed by atoms with Crippen molar-refractivity contribution in [1.82, 2.24) is 20.1 Å². The zero-order valence-corrected chi connectivity index (χ0v) is 12.0. The van der Waals surface area contributed by atoms with Crippen LogP contribution >= 0.6 is 0 Å². The third kappa shape index (κ3) is 2.47. The number of H-pyrrole nitrogens is 1. The molecule has 0 radical (unpaired) electrons. The Labute approximate surface area is 118 Å². The fourth-order valence-corrected chi connectivity index (χ4v) is 2.67. The standard InChI is InChI=1S/C16H20N4/c1-3-15-13(11-20(2)19-15)10-17-9-12-5-4-6-16-14(12)7-8-18-16/h4-8,11,17-18H,3,9-10H2,1-2H3. The predicted octanol–water partition coefficient (Wildman–Crippen LogP) is 2.75. The molecule has 104 valence electrons. The molecular weight excluding hydrogens is 248 g/mol. The van der Waals surface area contributed by atoms with Gasteiger partial charge in [-0.2, -0.15) is 5.10 Å². The lowest BCUT2D eigenvalue weighted by Crippen LogP contribution is -2.13. The van der Waals surface area contributed by atoms with Gasteiger partial charge in [-0.25, -0.2) is 0 Å². The summed E-state index contributed by atoms with van der Waals surface area (Å²) in [7, 11) is 1.98. The Hall–Kier alpha value is -2.07. The summed E-state index contributed by atoms with van der Waals surface area (Å²) in [5, 5.41) is 9.28. The number of benzene rings is 1. The van der Waals surface area contributed by atoms with Gasteiger partial charge >= 0.3 is 0 Å². The van der Waals surface area contributed by atoms with Gasteiger partial charge in [0.15, 0.2) is 0 Å². The van der Waals surface area contributed by atoms with E-state index >= 15 is 0 Å². The first kappa shape index (κ1) is 12.9. The van der Waals surface area contributed by atoms with Crippen molar-refractivity contribution in [3.05, 3.63) is 53.5 Å². The first-order chi connectivity index (χ1) is 9.78. The molecule has 1 aromatic carbocycles. The van der Waals surface area contributed by atoms with E-state index in [1.807, 2.05) is 17.9 Å². The van der Waals surface area contributed by atoms with Crippen molar-refractivity contribution in [3.8, 4) is 0 Å². The fourth-order valence-electron chi connectivity index (χ4n) is 2.67. The maximum absolute atomic E-state index is 4.47. The van der Waals surface area contributed by atoms with Gasteiger partial charge in [0.05, 0.1) is 5.69 Å². The summed E-state index contributed by atoms with van der Waals surface area (Å²) in [6.07, 6.45) is 5.07. The molecule has 3 rings (SSSR count). The molecule has 2 N–H and O–H groups in total. The molecule has 0 bridgehead atoms. The van der Waals surface area contributed by atoms with Crippen LogP contribution in [0.2, 0.25) is 0 Å². The van der Waals surface area contributed by atoms with Gasteiger partial charge < -0.3 is 10.3 Å². The highest BCUT2D eigenvalue weighted by atomic mass is 15.3. The van der Waals surface area contributed by atoms with Gasteiger partial charge in [0.25, 0.3) is 0 Å². The van der Waals surface area contributed by atoms with E-state index in [9.17, 15) is 0 Å². The number of nitrogens with zero attached hydrogens (tertiary/aromatic N) is 2. The first-order valence-corrected chi connectivity index (χ1v) is 7.05. The summed E-state index contributed by atoms with van der Waals surface area (Å²) < 4.78 is 1.89. The first-order valence-electron chi connectivity index (χ1n) is 7.05. The van der Waals surface area contributed by atoms with Crippen molar-refractivity contribution in [2.45, 2.75) is 26.4 Å². The van der Waals surface area contributed by atoms with E-state index in [2.05, 4.69) is 52.8 Å². The number of hydrogen-bond acceptors (Lipinski definition) is 2. The molecule has 0 aliphatic heterocycles. The van der Waals surface area contributed by atoms with Crippen LogP contribution in [0.4, 0.5) is 0 Å². The van der Waals surface area contributed by atoms with Crippen LogP contribution in [0.25, 0.3) is 10.9 Å². The SMILES string of the molecule is CCc1nn(C)cc1CNCc1cccc2[nH]ccc12. The Morgan fingerprint density at radius 2 is 2.05 bits per heavy atom. The number of aromatic amines is 1. The van der Waals surface area contributed by atoms with E-state index in [-0.39, 0.29) is 0 Å². The number of hydrogen-bond donors (Lipinski definition) is 2. The molecule has 0 saturated heterocycles. The summed E-state index contributed by atoms with van der Waals surface area (Å²) in [4.78, 5) is 3.25. The summed E-state index contributed by atoms with van der Waals surface area (Å²) in [6.45, 7) is 3.87. The number of rotatable bonds is 5. The quantitative estimate of drug-likeness (QED) is 0.747. The van der Waals surface area contributed by atoms with Crippen molar-refractivity contribution in [1.29, 1.82) is 0 Å². The van der Waals surface area contributed by atoms with E-state index in [4.69, 9.17) is 0 Å². The second-order valence-electron chi connectivity index (χ2n) is 5.09. The van der Waals surface area contributed by atoms with E-state index in [0.29, 0.717) is 0 Å². The minimum absolute atomic E-state index is 0.859. The predicted molar refractivity (Wildman–Crippen MR) is 81.4 cm³/mol. The second-order valence-corrected chi connectivity index (χ2v) is 5.09. The van der Waals surface area contributed by atoms with Gasteiger partial charge in [-0.05, 0) is 24.1 Å². The Morgan fingerprint density at radius 3 is 2.90 bits per heavy atom. The number of fused-ring (bicyclic) bond motifs is 1. The zero-order chi connectivity index (χ0) is 13.9. The van der Waals surface area contributed by atoms with Gasteiger partial charge in [-0.1, -0.05) is 19.1 Å². The van der Waals surface area contributed by atoms with Gasteiger partial charge in [0.1, 0.15) is 0 Å². The average molecular weight is 268 g/mol. The number of aromatic nitrogens is 3. The van der Waals surface area contributed by atoms with E-state index in [1.165, 1.54) is 27.7 Å². The monoisotopic (exact) mass is 268 g/mol. The maximum Gasteiger partial charge on any atom is 0.0666 e. The largest absolute Gasteiger partial charge is 0.361 e. The van der Waals surface area contributed by atoms with Gasteiger partial charge in [0, 0.05) is 49.0 Å². The Kier molecular flexibility index (Phi) is 3.56. The second kappa shape index (κ2) is 5.51. The van der Waals surface area contributed by atoms with Crippen LogP contribution in [-0.2, 0) is 26.6 Å². The third-order valence-electron chi connectivity index (χ3n) is 3.64. The van der Waals surface area contributed by atoms with Crippen molar-refractivity contribution in [3.63, 3.8) is 0 Å². The Balaban J connectivity index is 1.69. The molecule has 4 nitrogen and oxygen atoms in total. The number of nitrogens with one attached hydrogen (secondary N) is 2. The van der Waals surface area contributed by atoms with Gasteiger partial charge in [-0.3, -0.25) is 4.68 Å². The summed E-state index contributed by atoms with van der Waals surface area (Å²) in [6, 6.07) is 8.51. The maximum atomic E-state index is 4.47. The molecule has 0 fully saturated rings. The van der Waals surface area contributed by atoms with Crippen LogP contribution in [0.3, 0.4) is 0 Å². The lowest BCUT2D eigenvalue weighted by Gasteiger charge is -2.06. The molecule has 2 aromatic heterocycles.